The van der Waals surface area contributed by atoms with Crippen molar-refractivity contribution in [3.05, 3.63) is 70.7 Å². The highest BCUT2D eigenvalue weighted by Crippen LogP contribution is 2.36. The lowest BCUT2D eigenvalue weighted by atomic mass is 10.1. The number of rotatable bonds is 5. The van der Waals surface area contributed by atoms with Crippen LogP contribution in [-0.2, 0) is 17.9 Å². The first-order valence-corrected chi connectivity index (χ1v) is 12.5. The number of benzene rings is 1. The summed E-state index contributed by atoms with van der Waals surface area (Å²) in [4.78, 5) is 31.6. The van der Waals surface area contributed by atoms with Gasteiger partial charge in [0.05, 0.1) is 36.4 Å². The van der Waals surface area contributed by atoms with E-state index < -0.39 is 12.0 Å². The van der Waals surface area contributed by atoms with Gasteiger partial charge in [-0.2, -0.15) is 5.10 Å². The minimum atomic E-state index is -1.41. The summed E-state index contributed by atoms with van der Waals surface area (Å²) in [5.41, 5.74) is 2.88. The Morgan fingerprint density at radius 1 is 1.22 bits per heavy atom. The second-order valence-corrected chi connectivity index (χ2v) is 9.48. The minimum Gasteiger partial charge on any atom is -0.494 e. The van der Waals surface area contributed by atoms with Crippen LogP contribution in [0.5, 0.6) is 5.75 Å². The smallest absolute Gasteiger partial charge is 0.256 e. The van der Waals surface area contributed by atoms with Crippen molar-refractivity contribution in [3.8, 4) is 23.0 Å². The molecule has 1 aliphatic heterocycles. The summed E-state index contributed by atoms with van der Waals surface area (Å²) < 4.78 is 9.86. The number of imidazole rings is 1. The van der Waals surface area contributed by atoms with Crippen LogP contribution in [0.15, 0.2) is 53.7 Å². The van der Waals surface area contributed by atoms with Crippen LogP contribution in [-0.4, -0.2) is 63.9 Å². The number of nitrogens with one attached hydrogen (secondary N) is 1. The molecule has 1 unspecified atom stereocenters. The maximum absolute atomic E-state index is 13.5. The molecule has 0 fully saturated rings. The second-order valence-electron chi connectivity index (χ2n) is 8.73. The van der Waals surface area contributed by atoms with Crippen molar-refractivity contribution in [1.82, 2.24) is 39.2 Å². The molecule has 0 bridgehead atoms. The summed E-state index contributed by atoms with van der Waals surface area (Å²) in [7, 11) is 1.52. The second kappa shape index (κ2) is 9.12. The van der Waals surface area contributed by atoms with Crippen molar-refractivity contribution in [2.24, 2.45) is 0 Å². The highest BCUT2D eigenvalue weighted by molar-refractivity contribution is 9.10. The van der Waals surface area contributed by atoms with Crippen molar-refractivity contribution in [1.29, 1.82) is 0 Å². The zero-order valence-corrected chi connectivity index (χ0v) is 21.7. The number of H-pyrrole nitrogens is 1. The highest BCUT2D eigenvalue weighted by Gasteiger charge is 2.32. The lowest BCUT2D eigenvalue weighted by molar-refractivity contribution is -0.142. The van der Waals surface area contributed by atoms with Gasteiger partial charge in [-0.05, 0) is 22.9 Å². The number of ether oxygens (including phenoxy) is 1. The van der Waals surface area contributed by atoms with E-state index in [1.807, 2.05) is 30.3 Å². The molecule has 0 saturated heterocycles. The van der Waals surface area contributed by atoms with Crippen LogP contribution in [0, 0.1) is 6.92 Å². The molecule has 0 radical (unpaired) electrons. The molecule has 1 atom stereocenters. The molecule has 5 heterocycles. The number of hydrogen-bond acceptors (Lipinski definition) is 7. The SMILES string of the molecule is COc1cnc(-n2cnc(C)n2)c2[nH]cc(C(O)C(=O)N3CCn4c(-c5ccccc5)nc(Br)c4C3)c12. The van der Waals surface area contributed by atoms with Gasteiger partial charge in [-0.25, -0.2) is 19.6 Å². The van der Waals surface area contributed by atoms with E-state index in [9.17, 15) is 9.90 Å². The Morgan fingerprint density at radius 3 is 2.76 bits per heavy atom. The standard InChI is InChI=1S/C25H23BrN8O3/c1-14-29-13-34(31-14)24-20-19(18(37-2)11-28-24)16(10-27-20)21(35)25(36)32-8-9-33-17(12-32)22(26)30-23(33)15-6-4-3-5-7-15/h3-7,10-11,13,21,27,35H,8-9,12H2,1-2H3. The number of carbonyl (C=O) groups excluding carboxylic acids is 1. The molecule has 2 N–H and O–H groups in total. The van der Waals surface area contributed by atoms with Crippen molar-refractivity contribution >= 4 is 32.7 Å². The lowest BCUT2D eigenvalue weighted by Gasteiger charge is -2.30. The van der Waals surface area contributed by atoms with Gasteiger partial charge in [0, 0.05) is 30.4 Å². The van der Waals surface area contributed by atoms with Crippen LogP contribution >= 0.6 is 15.9 Å². The van der Waals surface area contributed by atoms with Gasteiger partial charge in [-0.1, -0.05) is 30.3 Å². The van der Waals surface area contributed by atoms with Crippen LogP contribution in [0.1, 0.15) is 23.2 Å². The van der Waals surface area contributed by atoms with Gasteiger partial charge in [0.25, 0.3) is 5.91 Å². The van der Waals surface area contributed by atoms with Gasteiger partial charge in [-0.15, -0.1) is 0 Å². The first-order valence-electron chi connectivity index (χ1n) is 11.7. The van der Waals surface area contributed by atoms with Crippen LogP contribution in [0.25, 0.3) is 28.1 Å². The van der Waals surface area contributed by atoms with E-state index in [0.717, 1.165) is 17.1 Å². The Balaban J connectivity index is 1.32. The van der Waals surface area contributed by atoms with Crippen LogP contribution in [0.2, 0.25) is 0 Å². The summed E-state index contributed by atoms with van der Waals surface area (Å²) in [6.45, 7) is 3.11. The molecule has 0 spiro atoms. The number of hydrogen-bond donors (Lipinski definition) is 2. The van der Waals surface area contributed by atoms with Crippen molar-refractivity contribution in [2.75, 3.05) is 13.7 Å². The number of aliphatic hydroxyl groups is 1. The quantitative estimate of drug-likeness (QED) is 0.336. The molecule has 6 rings (SSSR count). The number of methoxy groups -OCH3 is 1. The Morgan fingerprint density at radius 2 is 2.03 bits per heavy atom. The molecule has 1 aromatic carbocycles. The van der Waals surface area contributed by atoms with Gasteiger partial charge in [-0.3, -0.25) is 4.79 Å². The number of aromatic nitrogens is 7. The number of aryl methyl sites for hydroxylation is 1. The number of aliphatic hydroxyl groups excluding tert-OH is 1. The van der Waals surface area contributed by atoms with E-state index in [1.165, 1.54) is 7.11 Å². The molecular weight excluding hydrogens is 540 g/mol. The largest absolute Gasteiger partial charge is 0.494 e. The molecule has 0 aliphatic carbocycles. The minimum absolute atomic E-state index is 0.320. The van der Waals surface area contributed by atoms with Crippen molar-refractivity contribution < 1.29 is 14.6 Å². The third-order valence-corrected chi connectivity index (χ3v) is 7.19. The molecule has 4 aromatic heterocycles. The molecule has 0 saturated carbocycles. The van der Waals surface area contributed by atoms with Gasteiger partial charge >= 0.3 is 0 Å². The summed E-state index contributed by atoms with van der Waals surface area (Å²) in [6.07, 6.45) is 3.31. The van der Waals surface area contributed by atoms with E-state index in [2.05, 4.69) is 40.5 Å². The molecule has 37 heavy (non-hydrogen) atoms. The molecule has 188 valence electrons. The van der Waals surface area contributed by atoms with Gasteiger partial charge in [0.1, 0.15) is 28.3 Å². The molecule has 5 aromatic rings. The van der Waals surface area contributed by atoms with E-state index in [-0.39, 0.29) is 0 Å². The predicted molar refractivity (Wildman–Crippen MR) is 138 cm³/mol. The van der Waals surface area contributed by atoms with Crippen molar-refractivity contribution in [3.63, 3.8) is 0 Å². The number of fused-ring (bicyclic) bond motifs is 2. The lowest BCUT2D eigenvalue weighted by Crippen LogP contribution is -2.41. The fourth-order valence-electron chi connectivity index (χ4n) is 4.75. The average Bonchev–Trinajstić information content (AvgIpc) is 3.65. The Labute approximate surface area is 219 Å². The van der Waals surface area contributed by atoms with Crippen LogP contribution in [0.4, 0.5) is 0 Å². The highest BCUT2D eigenvalue weighted by atomic mass is 79.9. The van der Waals surface area contributed by atoms with Gasteiger partial charge < -0.3 is 24.3 Å². The molecule has 1 aliphatic rings. The van der Waals surface area contributed by atoms with Gasteiger partial charge in [0.15, 0.2) is 11.9 Å². The van der Waals surface area contributed by atoms with Crippen LogP contribution < -0.4 is 4.74 Å². The fraction of sp³-hybridized carbons (Fsp3) is 0.240. The third kappa shape index (κ3) is 3.89. The maximum Gasteiger partial charge on any atom is 0.256 e. The van der Waals surface area contributed by atoms with Crippen molar-refractivity contribution in [2.45, 2.75) is 26.1 Å². The monoisotopic (exact) mass is 562 g/mol. The topological polar surface area (TPSA) is 127 Å². The summed E-state index contributed by atoms with van der Waals surface area (Å²) in [6, 6.07) is 9.93. The molecular formula is C25H23BrN8O3. The number of pyridine rings is 1. The number of halogens is 1. The predicted octanol–water partition coefficient (Wildman–Crippen LogP) is 3.16. The Kier molecular flexibility index (Phi) is 5.76. The third-order valence-electron chi connectivity index (χ3n) is 6.56. The van der Waals surface area contributed by atoms with E-state index in [0.29, 0.717) is 58.1 Å². The van der Waals surface area contributed by atoms with Crippen LogP contribution in [0.3, 0.4) is 0 Å². The Hall–Kier alpha value is -4.03. The average molecular weight is 563 g/mol. The zero-order valence-electron chi connectivity index (χ0n) is 20.1. The summed E-state index contributed by atoms with van der Waals surface area (Å²) in [5, 5.41) is 16.2. The van der Waals surface area contributed by atoms with Gasteiger partial charge in [0.2, 0.25) is 0 Å². The Bertz CT molecular complexity index is 1620. The normalized spacial score (nSPS) is 14.1. The first kappa shape index (κ1) is 23.4. The zero-order chi connectivity index (χ0) is 25.7. The first-order chi connectivity index (χ1) is 18.0. The number of aromatic amines is 1. The number of nitrogens with zero attached hydrogens (tertiary/aromatic N) is 7. The summed E-state index contributed by atoms with van der Waals surface area (Å²) in [5.74, 6) is 1.96. The maximum atomic E-state index is 13.5. The molecule has 12 heteroatoms. The summed E-state index contributed by atoms with van der Waals surface area (Å²) >= 11 is 3.56. The number of amides is 1. The van der Waals surface area contributed by atoms with E-state index in [1.54, 1.807) is 35.2 Å². The van der Waals surface area contributed by atoms with E-state index in [4.69, 9.17) is 9.72 Å². The molecule has 1 amide bonds. The van der Waals surface area contributed by atoms with E-state index >= 15 is 0 Å². The number of carbonyl (C=O) groups is 1. The molecule has 11 nitrogen and oxygen atoms in total. The fourth-order valence-corrected chi connectivity index (χ4v) is 5.26.